The highest BCUT2D eigenvalue weighted by molar-refractivity contribution is 7.51. The van der Waals surface area contributed by atoms with Crippen molar-refractivity contribution in [3.05, 3.63) is 0 Å². The molecule has 9 heteroatoms. The van der Waals surface area contributed by atoms with Crippen LogP contribution >= 0.6 is 7.60 Å². The monoisotopic (exact) mass is 314 g/mol. The lowest BCUT2D eigenvalue weighted by atomic mass is 9.82. The molecule has 1 saturated carbocycles. The van der Waals surface area contributed by atoms with E-state index in [1.165, 1.54) is 0 Å². The molecule has 1 aliphatic carbocycles. The molecule has 0 aliphatic heterocycles. The summed E-state index contributed by atoms with van der Waals surface area (Å²) < 4.78 is 10.7. The van der Waals surface area contributed by atoms with Gasteiger partial charge in [0.25, 0.3) is 0 Å². The number of aliphatic carboxylic acids is 1. The number of carboxylic acid groups (broad SMARTS) is 1. The molecule has 8 N–H and O–H groups in total. The summed E-state index contributed by atoms with van der Waals surface area (Å²) in [6.45, 7) is 4.11. The average Bonchev–Trinajstić information content (AvgIpc) is 2.26. The number of hydrogen-bond donors (Lipinski definition) is 4. The number of hydrogen-bond acceptors (Lipinski definition) is 4. The Bertz CT molecular complexity index is 322. The van der Waals surface area contributed by atoms with Gasteiger partial charge in [-0.05, 0) is 26.7 Å². The zero-order chi connectivity index (χ0) is 15.1. The van der Waals surface area contributed by atoms with Crippen molar-refractivity contribution in [2.24, 2.45) is 0 Å². The Morgan fingerprint density at radius 1 is 1.35 bits per heavy atom. The Kier molecular flexibility index (Phi) is 10.3. The van der Waals surface area contributed by atoms with Gasteiger partial charge in [-0.15, -0.1) is 0 Å². The number of quaternary nitrogens is 1. The summed E-state index contributed by atoms with van der Waals surface area (Å²) in [6, 6.07) is 0.583. The van der Waals surface area contributed by atoms with Crippen molar-refractivity contribution in [3.8, 4) is 0 Å². The normalized spacial score (nSPS) is 17.7. The predicted octanol–water partition coefficient (Wildman–Crippen LogP) is -2.02. The molecule has 0 aromatic carbocycles. The van der Waals surface area contributed by atoms with Gasteiger partial charge < -0.3 is 30.9 Å². The van der Waals surface area contributed by atoms with E-state index in [-0.39, 0.29) is 5.48 Å². The average molecular weight is 314 g/mol. The second-order valence-electron chi connectivity index (χ2n) is 5.32. The Morgan fingerprint density at radius 3 is 2.05 bits per heavy atom. The first kappa shape index (κ1) is 21.8. The van der Waals surface area contributed by atoms with Crippen LogP contribution in [0.5, 0.6) is 0 Å². The van der Waals surface area contributed by atoms with E-state index in [2.05, 4.69) is 24.9 Å². The highest BCUT2D eigenvalue weighted by Gasteiger charge is 2.34. The minimum atomic E-state index is -4.22. The van der Waals surface area contributed by atoms with E-state index in [0.717, 1.165) is 19.3 Å². The second kappa shape index (κ2) is 9.44. The van der Waals surface area contributed by atoms with Gasteiger partial charge in [0, 0.05) is 0 Å². The first-order valence-electron chi connectivity index (χ1n) is 6.43. The maximum atomic E-state index is 11.0. The van der Waals surface area contributed by atoms with Crippen molar-refractivity contribution in [2.75, 3.05) is 6.29 Å². The van der Waals surface area contributed by atoms with E-state index < -0.39 is 25.4 Å². The van der Waals surface area contributed by atoms with Crippen LogP contribution in [0.25, 0.3) is 0 Å². The molecule has 20 heavy (non-hydrogen) atoms. The number of rotatable bonds is 4. The third-order valence-corrected chi connectivity index (χ3v) is 3.29. The molecule has 0 saturated heterocycles. The van der Waals surface area contributed by atoms with E-state index in [9.17, 15) is 14.5 Å². The third-order valence-electron chi connectivity index (χ3n) is 2.72. The van der Waals surface area contributed by atoms with Crippen molar-refractivity contribution in [2.45, 2.75) is 57.5 Å². The summed E-state index contributed by atoms with van der Waals surface area (Å²) in [4.78, 5) is 28.3. The number of nitrogens with one attached hydrogen (secondary N) is 1. The van der Waals surface area contributed by atoms with Gasteiger partial charge in [-0.25, -0.2) is 0 Å². The summed E-state index contributed by atoms with van der Waals surface area (Å²) in [7, 11) is -4.22. The SMILES string of the molecule is CC(C)[NH3+].O.O=C([O-])C1(NCP(=O)(O)O)CCCCC1. The summed E-state index contributed by atoms with van der Waals surface area (Å²) in [5.74, 6) is -1.27. The number of carbonyl (C=O) groups is 1. The topological polar surface area (TPSA) is 169 Å². The van der Waals surface area contributed by atoms with Crippen LogP contribution in [-0.4, -0.2) is 39.1 Å². The zero-order valence-corrected chi connectivity index (χ0v) is 13.0. The molecule has 122 valence electrons. The van der Waals surface area contributed by atoms with Gasteiger partial charge >= 0.3 is 7.60 Å². The molecule has 0 aromatic rings. The minimum absolute atomic E-state index is 0. The van der Waals surface area contributed by atoms with E-state index in [4.69, 9.17) is 9.79 Å². The molecule has 0 amide bonds. The Hall–Kier alpha value is -0.500. The smallest absolute Gasteiger partial charge is 0.339 e. The van der Waals surface area contributed by atoms with Crippen molar-refractivity contribution in [1.82, 2.24) is 5.32 Å². The molecule has 0 radical (unpaired) electrons. The van der Waals surface area contributed by atoms with Crippen molar-refractivity contribution in [1.29, 1.82) is 0 Å². The number of carbonyl (C=O) groups excluding carboxylic acids is 1. The molecule has 1 fully saturated rings. The number of carboxylic acids is 1. The first-order valence-corrected chi connectivity index (χ1v) is 8.23. The fourth-order valence-electron chi connectivity index (χ4n) is 1.86. The van der Waals surface area contributed by atoms with E-state index in [0.29, 0.717) is 18.9 Å². The molecule has 8 nitrogen and oxygen atoms in total. The van der Waals surface area contributed by atoms with Crippen LogP contribution in [0.1, 0.15) is 46.0 Å². The van der Waals surface area contributed by atoms with Crippen LogP contribution < -0.4 is 16.2 Å². The van der Waals surface area contributed by atoms with Gasteiger partial charge in [0.2, 0.25) is 0 Å². The maximum absolute atomic E-state index is 11.0. The fourth-order valence-corrected chi connectivity index (χ4v) is 2.37. The third kappa shape index (κ3) is 9.41. The summed E-state index contributed by atoms with van der Waals surface area (Å²) >= 11 is 0. The highest BCUT2D eigenvalue weighted by Crippen LogP contribution is 2.35. The van der Waals surface area contributed by atoms with E-state index in [1.54, 1.807) is 0 Å². The van der Waals surface area contributed by atoms with Crippen LogP contribution in [0, 0.1) is 0 Å². The molecular weight excluding hydrogens is 287 g/mol. The van der Waals surface area contributed by atoms with Crippen LogP contribution in [0.3, 0.4) is 0 Å². The van der Waals surface area contributed by atoms with Gasteiger partial charge in [0.15, 0.2) is 0 Å². The van der Waals surface area contributed by atoms with Crippen LogP contribution in [0.15, 0.2) is 0 Å². The molecule has 0 bridgehead atoms. The van der Waals surface area contributed by atoms with Crippen molar-refractivity contribution >= 4 is 13.6 Å². The Balaban J connectivity index is 0. The largest absolute Gasteiger partial charge is 0.548 e. The van der Waals surface area contributed by atoms with Gasteiger partial charge in [-0.3, -0.25) is 9.88 Å². The molecule has 0 unspecified atom stereocenters. The molecule has 0 heterocycles. The molecule has 0 spiro atoms. The second-order valence-corrected chi connectivity index (χ2v) is 6.97. The predicted molar refractivity (Wildman–Crippen MR) is 72.5 cm³/mol. The van der Waals surface area contributed by atoms with Crippen LogP contribution in [-0.2, 0) is 9.36 Å². The molecule has 1 aliphatic rings. The summed E-state index contributed by atoms with van der Waals surface area (Å²) in [5.41, 5.74) is 2.39. The standard InChI is InChI=1S/C8H16NO5P.C3H9N.H2O/c10-7(11)8(4-2-1-3-5-8)9-6-15(12,13)14;1-3(2)4;/h9H,1-6H2,(H,10,11)(H2,12,13,14);3H,4H2,1-2H3;1H2. The Labute approximate surface area is 119 Å². The molecule has 1 rings (SSSR count). The minimum Gasteiger partial charge on any atom is -0.548 e. The Morgan fingerprint density at radius 2 is 1.75 bits per heavy atom. The van der Waals surface area contributed by atoms with Gasteiger partial charge in [-0.1, -0.05) is 19.3 Å². The highest BCUT2D eigenvalue weighted by atomic mass is 31.2. The van der Waals surface area contributed by atoms with Crippen LogP contribution in [0.4, 0.5) is 0 Å². The van der Waals surface area contributed by atoms with Crippen molar-refractivity contribution < 1.29 is 35.5 Å². The van der Waals surface area contributed by atoms with E-state index >= 15 is 0 Å². The first-order chi connectivity index (χ1) is 8.59. The van der Waals surface area contributed by atoms with E-state index in [1.807, 2.05) is 0 Å². The molecular formula is C11H27N2O6P. The molecule has 0 aromatic heterocycles. The van der Waals surface area contributed by atoms with Crippen LogP contribution in [0.2, 0.25) is 0 Å². The lowest BCUT2D eigenvalue weighted by Crippen LogP contribution is -2.59. The lowest BCUT2D eigenvalue weighted by molar-refractivity contribution is -0.407. The molecule has 0 atom stereocenters. The summed E-state index contributed by atoms with van der Waals surface area (Å²) in [5, 5.41) is 13.4. The van der Waals surface area contributed by atoms with Crippen molar-refractivity contribution in [3.63, 3.8) is 0 Å². The zero-order valence-electron chi connectivity index (χ0n) is 12.1. The quantitative estimate of drug-likeness (QED) is 0.436. The van der Waals surface area contributed by atoms with Gasteiger partial charge in [0.1, 0.15) is 0 Å². The fraction of sp³-hybridized carbons (Fsp3) is 0.909. The van der Waals surface area contributed by atoms with Gasteiger partial charge in [-0.2, -0.15) is 0 Å². The lowest BCUT2D eigenvalue weighted by Gasteiger charge is -2.39. The van der Waals surface area contributed by atoms with Gasteiger partial charge in [0.05, 0.1) is 23.8 Å². The maximum Gasteiger partial charge on any atom is 0.339 e. The summed E-state index contributed by atoms with van der Waals surface area (Å²) in [6.07, 6.45) is 2.56.